The van der Waals surface area contributed by atoms with Crippen LogP contribution in [0.2, 0.25) is 0 Å². The van der Waals surface area contributed by atoms with E-state index in [-0.39, 0.29) is 16.8 Å². The minimum Gasteiger partial charge on any atom is -0.459 e. The van der Waals surface area contributed by atoms with E-state index >= 15 is 0 Å². The van der Waals surface area contributed by atoms with Crippen LogP contribution in [0.1, 0.15) is 16.1 Å². The van der Waals surface area contributed by atoms with Crippen molar-refractivity contribution in [3.05, 3.63) is 54.0 Å². The highest BCUT2D eigenvalue weighted by atomic mass is 32.1. The number of hydrogen-bond acceptors (Lipinski definition) is 3. The molecule has 0 saturated carbocycles. The molecule has 0 spiro atoms. The Morgan fingerprint density at radius 3 is 2.78 bits per heavy atom. The predicted molar refractivity (Wildman–Crippen MR) is 73.6 cm³/mol. The van der Waals surface area contributed by atoms with Gasteiger partial charge in [0.1, 0.15) is 0 Å². The lowest BCUT2D eigenvalue weighted by molar-refractivity contribution is 0.0950. The Bertz CT molecular complexity index is 564. The zero-order chi connectivity index (χ0) is 13.0. The summed E-state index contributed by atoms with van der Waals surface area (Å²) in [5.74, 6) is -0.145. The molecule has 0 unspecified atom stereocenters. The summed E-state index contributed by atoms with van der Waals surface area (Å²) in [5.41, 5.74) is 1.94. The van der Waals surface area contributed by atoms with E-state index in [9.17, 15) is 4.79 Å². The fourth-order valence-electron chi connectivity index (χ4n) is 1.46. The van der Waals surface area contributed by atoms with E-state index in [1.807, 2.05) is 31.2 Å². The molecule has 0 saturated heterocycles. The minimum atomic E-state index is -0.370. The second-order valence-electron chi connectivity index (χ2n) is 3.76. The first-order valence-corrected chi connectivity index (χ1v) is 5.78. The molecule has 1 aromatic carbocycles. The topological polar surface area (TPSA) is 54.3 Å². The number of carbonyl (C=O) groups excluding carboxylic acids is 1. The summed E-state index contributed by atoms with van der Waals surface area (Å²) in [6.07, 6.45) is 1.44. The molecule has 0 atom stereocenters. The first-order chi connectivity index (χ1) is 8.65. The third kappa shape index (κ3) is 3.18. The maximum atomic E-state index is 11.6. The molecule has 0 bridgehead atoms. The Balaban J connectivity index is 1.95. The summed E-state index contributed by atoms with van der Waals surface area (Å²) < 4.78 is 4.97. The first kappa shape index (κ1) is 12.3. The molecule has 5 heteroatoms. The molecule has 2 aromatic rings. The number of hydrogen-bond donors (Lipinski definition) is 2. The van der Waals surface area contributed by atoms with E-state index in [0.29, 0.717) is 0 Å². The molecular weight excluding hydrogens is 248 g/mol. The van der Waals surface area contributed by atoms with Gasteiger partial charge in [-0.3, -0.25) is 10.1 Å². The van der Waals surface area contributed by atoms with Crippen LogP contribution in [-0.4, -0.2) is 11.0 Å². The van der Waals surface area contributed by atoms with Crippen LogP contribution in [0.3, 0.4) is 0 Å². The number of rotatable bonds is 2. The second-order valence-corrected chi connectivity index (χ2v) is 4.16. The molecule has 2 rings (SSSR count). The average Bonchev–Trinajstić information content (AvgIpc) is 2.81. The fourth-order valence-corrected chi connectivity index (χ4v) is 1.67. The number of carbonyl (C=O) groups is 1. The number of thiocarbonyl (C=S) groups is 1. The minimum absolute atomic E-state index is 0.225. The van der Waals surface area contributed by atoms with Gasteiger partial charge in [0, 0.05) is 5.69 Å². The van der Waals surface area contributed by atoms with Gasteiger partial charge < -0.3 is 9.73 Å². The maximum absolute atomic E-state index is 11.6. The Labute approximate surface area is 110 Å². The smallest absolute Gasteiger partial charge is 0.293 e. The lowest BCUT2D eigenvalue weighted by Gasteiger charge is -2.08. The second kappa shape index (κ2) is 5.46. The normalized spacial score (nSPS) is 9.83. The average molecular weight is 260 g/mol. The Morgan fingerprint density at radius 1 is 1.28 bits per heavy atom. The quantitative estimate of drug-likeness (QED) is 0.815. The summed E-state index contributed by atoms with van der Waals surface area (Å²) in [7, 11) is 0. The summed E-state index contributed by atoms with van der Waals surface area (Å²) in [6.45, 7) is 1.98. The van der Waals surface area contributed by atoms with Crippen molar-refractivity contribution in [1.82, 2.24) is 5.32 Å². The summed E-state index contributed by atoms with van der Waals surface area (Å²) in [5, 5.41) is 5.71. The Kier molecular flexibility index (Phi) is 3.74. The molecule has 18 heavy (non-hydrogen) atoms. The zero-order valence-electron chi connectivity index (χ0n) is 9.77. The Morgan fingerprint density at radius 2 is 2.11 bits per heavy atom. The molecule has 0 aliphatic rings. The molecular formula is C13H12N2O2S. The van der Waals surface area contributed by atoms with Crippen molar-refractivity contribution in [3.8, 4) is 0 Å². The molecule has 4 nitrogen and oxygen atoms in total. The standard InChI is InChI=1S/C13H12N2O2S/c1-9-4-2-5-10(8-9)14-13(18)15-12(16)11-6-3-7-17-11/h2-8H,1H3,(H2,14,15,16,18). The number of benzene rings is 1. The highest BCUT2D eigenvalue weighted by Gasteiger charge is 2.10. The lowest BCUT2D eigenvalue weighted by Crippen LogP contribution is -2.33. The van der Waals surface area contributed by atoms with Gasteiger partial charge in [0.25, 0.3) is 5.91 Å². The summed E-state index contributed by atoms with van der Waals surface area (Å²) in [4.78, 5) is 11.6. The molecule has 92 valence electrons. The number of nitrogens with one attached hydrogen (secondary N) is 2. The molecule has 2 N–H and O–H groups in total. The van der Waals surface area contributed by atoms with Crippen LogP contribution in [0.5, 0.6) is 0 Å². The van der Waals surface area contributed by atoms with E-state index in [4.69, 9.17) is 16.6 Å². The molecule has 0 aliphatic carbocycles. The monoisotopic (exact) mass is 260 g/mol. The van der Waals surface area contributed by atoms with E-state index in [1.165, 1.54) is 6.26 Å². The third-order valence-corrected chi connectivity index (χ3v) is 2.45. The van der Waals surface area contributed by atoms with E-state index in [1.54, 1.807) is 12.1 Å². The van der Waals surface area contributed by atoms with Gasteiger partial charge in [-0.1, -0.05) is 12.1 Å². The molecule has 0 radical (unpaired) electrons. The van der Waals surface area contributed by atoms with Gasteiger partial charge in [-0.05, 0) is 49.0 Å². The zero-order valence-corrected chi connectivity index (χ0v) is 10.6. The van der Waals surface area contributed by atoms with Crippen LogP contribution in [0.25, 0.3) is 0 Å². The van der Waals surface area contributed by atoms with Gasteiger partial charge in [0.2, 0.25) is 0 Å². The van der Waals surface area contributed by atoms with Crippen molar-refractivity contribution in [3.63, 3.8) is 0 Å². The van der Waals surface area contributed by atoms with Crippen LogP contribution >= 0.6 is 12.2 Å². The van der Waals surface area contributed by atoms with Crippen molar-refractivity contribution in [2.75, 3.05) is 5.32 Å². The van der Waals surface area contributed by atoms with E-state index < -0.39 is 0 Å². The Hall–Kier alpha value is -2.14. The molecule has 1 aromatic heterocycles. The number of aryl methyl sites for hydroxylation is 1. The van der Waals surface area contributed by atoms with Gasteiger partial charge in [0.05, 0.1) is 6.26 Å². The van der Waals surface area contributed by atoms with Crippen molar-refractivity contribution >= 4 is 28.9 Å². The first-order valence-electron chi connectivity index (χ1n) is 5.37. The third-order valence-electron chi connectivity index (χ3n) is 2.25. The van der Waals surface area contributed by atoms with Crippen molar-refractivity contribution < 1.29 is 9.21 Å². The number of anilines is 1. The van der Waals surface area contributed by atoms with Crippen molar-refractivity contribution in [2.24, 2.45) is 0 Å². The SMILES string of the molecule is Cc1cccc(NC(=S)NC(=O)c2ccco2)c1. The molecule has 0 fully saturated rings. The van der Waals surface area contributed by atoms with Gasteiger partial charge in [0.15, 0.2) is 10.9 Å². The number of furan rings is 1. The van der Waals surface area contributed by atoms with Crippen molar-refractivity contribution in [1.29, 1.82) is 0 Å². The highest BCUT2D eigenvalue weighted by molar-refractivity contribution is 7.80. The highest BCUT2D eigenvalue weighted by Crippen LogP contribution is 2.09. The van der Waals surface area contributed by atoms with E-state index in [2.05, 4.69) is 10.6 Å². The predicted octanol–water partition coefficient (Wildman–Crippen LogP) is 2.71. The van der Waals surface area contributed by atoms with Gasteiger partial charge in [-0.25, -0.2) is 0 Å². The lowest BCUT2D eigenvalue weighted by atomic mass is 10.2. The fraction of sp³-hybridized carbons (Fsp3) is 0.0769. The van der Waals surface area contributed by atoms with Crippen LogP contribution in [0.15, 0.2) is 47.1 Å². The van der Waals surface area contributed by atoms with Crippen LogP contribution in [0, 0.1) is 6.92 Å². The van der Waals surface area contributed by atoms with Crippen LogP contribution in [-0.2, 0) is 0 Å². The molecule has 0 aliphatic heterocycles. The summed E-state index contributed by atoms with van der Waals surface area (Å²) in [6, 6.07) is 10.9. The largest absolute Gasteiger partial charge is 0.459 e. The van der Waals surface area contributed by atoms with Crippen molar-refractivity contribution in [2.45, 2.75) is 6.92 Å². The summed E-state index contributed by atoms with van der Waals surface area (Å²) >= 11 is 5.04. The van der Waals surface area contributed by atoms with Crippen LogP contribution < -0.4 is 10.6 Å². The van der Waals surface area contributed by atoms with E-state index in [0.717, 1.165) is 11.3 Å². The van der Waals surface area contributed by atoms with Gasteiger partial charge in [-0.15, -0.1) is 0 Å². The van der Waals surface area contributed by atoms with Gasteiger partial charge in [-0.2, -0.15) is 0 Å². The number of amides is 1. The maximum Gasteiger partial charge on any atom is 0.293 e. The molecule has 1 amide bonds. The van der Waals surface area contributed by atoms with Crippen LogP contribution in [0.4, 0.5) is 5.69 Å². The van der Waals surface area contributed by atoms with Gasteiger partial charge >= 0.3 is 0 Å². The molecule has 1 heterocycles.